The normalized spacial score (nSPS) is 28.4. The van der Waals surface area contributed by atoms with Crippen molar-refractivity contribution in [1.29, 1.82) is 0 Å². The molecule has 2 bridgehead atoms. The maximum atomic E-state index is 11.8. The Kier molecular flexibility index (Phi) is 5.28. The van der Waals surface area contributed by atoms with Crippen molar-refractivity contribution in [2.75, 3.05) is 20.2 Å². The van der Waals surface area contributed by atoms with Crippen molar-refractivity contribution in [3.8, 4) is 5.75 Å². The standard InChI is InChI=1S/C27H31N2O2/c1-3-20-18-29(17-19-7-5-4-6-8-19)14-12-21(20)15-26(29)27(30)23-11-13-28-25-10-9-22(31-2)16-24(23)25/h3-11,13,16,20-21,26-27,30H,1,12,14-15,17-18H2,2H3/q+1/t20?,21-,26+,27-,29+/m0/s1. The average Bonchev–Trinajstić information content (AvgIpc) is 2.83. The SMILES string of the molecule is C=CC1C[N@+]2(Cc3ccccc3)CC[C@H]1C[C@@H]2[C@@H](O)c1ccnc2ccc(OC)cc12. The van der Waals surface area contributed by atoms with Gasteiger partial charge in [0.2, 0.25) is 0 Å². The van der Waals surface area contributed by atoms with Gasteiger partial charge in [-0.05, 0) is 35.7 Å². The van der Waals surface area contributed by atoms with Crippen molar-refractivity contribution < 1.29 is 14.3 Å². The maximum absolute atomic E-state index is 11.8. The zero-order valence-corrected chi connectivity index (χ0v) is 18.2. The molecule has 1 N–H and O–H groups in total. The largest absolute Gasteiger partial charge is 0.497 e. The molecule has 3 aromatic rings. The van der Waals surface area contributed by atoms with Crippen LogP contribution in [-0.4, -0.2) is 40.8 Å². The molecule has 1 aromatic heterocycles. The minimum absolute atomic E-state index is 0.159. The molecule has 31 heavy (non-hydrogen) atoms. The lowest BCUT2D eigenvalue weighted by molar-refractivity contribution is -0.984. The van der Waals surface area contributed by atoms with Crippen LogP contribution < -0.4 is 4.74 Å². The lowest BCUT2D eigenvalue weighted by atomic mass is 9.71. The quantitative estimate of drug-likeness (QED) is 0.460. The number of aliphatic hydroxyl groups excluding tert-OH is 1. The highest BCUT2D eigenvalue weighted by molar-refractivity contribution is 5.83. The van der Waals surface area contributed by atoms with E-state index < -0.39 is 6.10 Å². The molecule has 5 atom stereocenters. The zero-order valence-electron chi connectivity index (χ0n) is 18.2. The smallest absolute Gasteiger partial charge is 0.131 e. The van der Waals surface area contributed by atoms with Crippen molar-refractivity contribution in [3.05, 3.63) is 84.6 Å². The predicted molar refractivity (Wildman–Crippen MR) is 124 cm³/mol. The van der Waals surface area contributed by atoms with Crippen LogP contribution in [0.1, 0.15) is 30.1 Å². The van der Waals surface area contributed by atoms with Gasteiger partial charge in [-0.3, -0.25) is 4.98 Å². The Morgan fingerprint density at radius 1 is 1.23 bits per heavy atom. The Bertz CT molecular complexity index is 1080. The molecule has 0 amide bonds. The van der Waals surface area contributed by atoms with Gasteiger partial charge in [0, 0.05) is 35.9 Å². The van der Waals surface area contributed by atoms with Crippen LogP contribution in [0.5, 0.6) is 5.75 Å². The monoisotopic (exact) mass is 415 g/mol. The summed E-state index contributed by atoms with van der Waals surface area (Å²) in [6.07, 6.45) is 5.65. The van der Waals surface area contributed by atoms with Gasteiger partial charge < -0.3 is 14.3 Å². The minimum atomic E-state index is -0.546. The fraction of sp³-hybridized carbons (Fsp3) is 0.370. The first kappa shape index (κ1) is 20.2. The molecule has 3 aliphatic rings. The van der Waals surface area contributed by atoms with Crippen LogP contribution in [0.3, 0.4) is 0 Å². The molecule has 160 valence electrons. The number of fused-ring (bicyclic) bond motifs is 4. The van der Waals surface area contributed by atoms with Crippen LogP contribution in [0.25, 0.3) is 10.9 Å². The maximum Gasteiger partial charge on any atom is 0.131 e. The number of quaternary nitrogens is 1. The summed E-state index contributed by atoms with van der Waals surface area (Å²) in [7, 11) is 1.68. The first-order valence-electron chi connectivity index (χ1n) is 11.3. The van der Waals surface area contributed by atoms with Crippen LogP contribution in [0.2, 0.25) is 0 Å². The second kappa shape index (κ2) is 8.10. The average molecular weight is 416 g/mol. The molecule has 1 unspecified atom stereocenters. The third-order valence-corrected chi connectivity index (χ3v) is 7.68. The number of aromatic nitrogens is 1. The fourth-order valence-corrected chi connectivity index (χ4v) is 6.07. The van der Waals surface area contributed by atoms with Gasteiger partial charge in [0.05, 0.1) is 25.7 Å². The molecule has 0 saturated carbocycles. The van der Waals surface area contributed by atoms with E-state index in [1.807, 2.05) is 30.5 Å². The summed E-state index contributed by atoms with van der Waals surface area (Å²) in [5, 5.41) is 12.8. The Balaban J connectivity index is 1.56. The molecular formula is C27H31N2O2+. The zero-order chi connectivity index (χ0) is 21.4. The van der Waals surface area contributed by atoms with Crippen molar-refractivity contribution in [3.63, 3.8) is 0 Å². The van der Waals surface area contributed by atoms with Gasteiger partial charge in [0.15, 0.2) is 0 Å². The van der Waals surface area contributed by atoms with Crippen molar-refractivity contribution in [1.82, 2.24) is 4.98 Å². The van der Waals surface area contributed by atoms with E-state index in [-0.39, 0.29) is 6.04 Å². The topological polar surface area (TPSA) is 42.4 Å². The first-order valence-corrected chi connectivity index (χ1v) is 11.3. The molecule has 4 nitrogen and oxygen atoms in total. The summed E-state index contributed by atoms with van der Waals surface area (Å²) < 4.78 is 6.38. The van der Waals surface area contributed by atoms with E-state index in [0.29, 0.717) is 11.8 Å². The molecule has 6 rings (SSSR count). The number of benzene rings is 2. The summed E-state index contributed by atoms with van der Waals surface area (Å²) in [5.41, 5.74) is 3.19. The van der Waals surface area contributed by atoms with E-state index in [0.717, 1.165) is 52.8 Å². The molecule has 3 saturated heterocycles. The highest BCUT2D eigenvalue weighted by atomic mass is 16.5. The molecule has 2 aromatic carbocycles. The van der Waals surface area contributed by atoms with Gasteiger partial charge in [-0.25, -0.2) is 0 Å². The van der Waals surface area contributed by atoms with Crippen molar-refractivity contribution >= 4 is 10.9 Å². The second-order valence-electron chi connectivity index (χ2n) is 9.25. The van der Waals surface area contributed by atoms with E-state index in [1.54, 1.807) is 7.11 Å². The van der Waals surface area contributed by atoms with E-state index in [2.05, 4.69) is 48.0 Å². The van der Waals surface area contributed by atoms with Crippen LogP contribution in [0.4, 0.5) is 0 Å². The second-order valence-corrected chi connectivity index (χ2v) is 9.25. The number of ether oxygens (including phenoxy) is 1. The lowest BCUT2D eigenvalue weighted by Gasteiger charge is -2.58. The third kappa shape index (κ3) is 3.54. The molecule has 0 radical (unpaired) electrons. The number of hydrogen-bond donors (Lipinski definition) is 1. The Morgan fingerprint density at radius 2 is 2.06 bits per heavy atom. The summed E-state index contributed by atoms with van der Waals surface area (Å²) >= 11 is 0. The number of nitrogens with zero attached hydrogens (tertiary/aromatic N) is 2. The van der Waals surface area contributed by atoms with Crippen LogP contribution in [0, 0.1) is 11.8 Å². The molecule has 0 spiro atoms. The van der Waals surface area contributed by atoms with E-state index in [1.165, 1.54) is 12.0 Å². The van der Waals surface area contributed by atoms with Gasteiger partial charge in [-0.2, -0.15) is 0 Å². The van der Waals surface area contributed by atoms with Crippen molar-refractivity contribution in [2.24, 2.45) is 11.8 Å². The Labute approximate surface area is 184 Å². The van der Waals surface area contributed by atoms with Crippen molar-refractivity contribution in [2.45, 2.75) is 31.5 Å². The minimum Gasteiger partial charge on any atom is -0.497 e. The van der Waals surface area contributed by atoms with E-state index in [9.17, 15) is 5.11 Å². The third-order valence-electron chi connectivity index (χ3n) is 7.68. The molecule has 0 aliphatic carbocycles. The predicted octanol–water partition coefficient (Wildman–Crippen LogP) is 4.89. The fourth-order valence-electron chi connectivity index (χ4n) is 6.07. The van der Waals surface area contributed by atoms with Gasteiger partial charge in [0.1, 0.15) is 24.4 Å². The van der Waals surface area contributed by atoms with Gasteiger partial charge in [-0.1, -0.05) is 36.4 Å². The number of pyridine rings is 1. The molecule has 4 heterocycles. The Morgan fingerprint density at radius 3 is 2.84 bits per heavy atom. The summed E-state index contributed by atoms with van der Waals surface area (Å²) in [6, 6.07) is 18.8. The molecular weight excluding hydrogens is 384 g/mol. The van der Waals surface area contributed by atoms with Crippen LogP contribution >= 0.6 is 0 Å². The van der Waals surface area contributed by atoms with E-state index >= 15 is 0 Å². The summed E-state index contributed by atoms with van der Waals surface area (Å²) in [4.78, 5) is 4.52. The van der Waals surface area contributed by atoms with Gasteiger partial charge in [0.25, 0.3) is 0 Å². The number of rotatable bonds is 6. The van der Waals surface area contributed by atoms with Gasteiger partial charge in [-0.15, -0.1) is 6.58 Å². The number of piperidine rings is 3. The molecule has 4 heteroatoms. The highest BCUT2D eigenvalue weighted by Gasteiger charge is 2.53. The number of methoxy groups -OCH3 is 1. The van der Waals surface area contributed by atoms with Crippen LogP contribution in [-0.2, 0) is 6.54 Å². The van der Waals surface area contributed by atoms with E-state index in [4.69, 9.17) is 4.74 Å². The Hall–Kier alpha value is -2.69. The number of aliphatic hydroxyl groups is 1. The van der Waals surface area contributed by atoms with Crippen LogP contribution in [0.15, 0.2) is 73.4 Å². The van der Waals surface area contributed by atoms with Gasteiger partial charge >= 0.3 is 0 Å². The summed E-state index contributed by atoms with van der Waals surface area (Å²) in [5.74, 6) is 1.92. The lowest BCUT2D eigenvalue weighted by Crippen LogP contribution is -2.67. The molecule has 3 aliphatic heterocycles. The highest BCUT2D eigenvalue weighted by Crippen LogP contribution is 2.48. The first-order chi connectivity index (χ1) is 15.1. The molecule has 3 fully saturated rings. The number of hydrogen-bond acceptors (Lipinski definition) is 3. The summed E-state index contributed by atoms with van der Waals surface area (Å²) in [6.45, 7) is 7.25.